The summed E-state index contributed by atoms with van der Waals surface area (Å²) >= 11 is 0. The highest BCUT2D eigenvalue weighted by Gasteiger charge is 2.13. The highest BCUT2D eigenvalue weighted by Crippen LogP contribution is 2.31. The van der Waals surface area contributed by atoms with Gasteiger partial charge >= 0.3 is 0 Å². The topological polar surface area (TPSA) is 66.5 Å². The maximum Gasteiger partial charge on any atom is 0.225 e. The van der Waals surface area contributed by atoms with Crippen molar-refractivity contribution in [3.63, 3.8) is 0 Å². The third-order valence-corrected chi connectivity index (χ3v) is 3.58. The molecule has 0 aliphatic carbocycles. The van der Waals surface area contributed by atoms with Gasteiger partial charge in [0.25, 0.3) is 0 Å². The normalized spacial score (nSPS) is 11.1. The maximum atomic E-state index is 4.63. The van der Waals surface area contributed by atoms with Crippen LogP contribution in [-0.4, -0.2) is 27.2 Å². The molecule has 0 atom stereocenters. The average molecular weight is 275 g/mol. The summed E-state index contributed by atoms with van der Waals surface area (Å²) in [5, 5.41) is 13.3. The average Bonchev–Trinajstić information content (AvgIpc) is 3.02. The van der Waals surface area contributed by atoms with Crippen LogP contribution in [0.1, 0.15) is 0 Å². The lowest BCUT2D eigenvalue weighted by molar-refractivity contribution is 1.09. The molecule has 0 aliphatic heterocycles. The fourth-order valence-corrected chi connectivity index (χ4v) is 2.58. The van der Waals surface area contributed by atoms with E-state index in [0.717, 1.165) is 22.3 Å². The van der Waals surface area contributed by atoms with Crippen molar-refractivity contribution >= 4 is 27.8 Å². The van der Waals surface area contributed by atoms with Crippen LogP contribution in [0.3, 0.4) is 0 Å². The minimum Gasteiger partial charge on any atom is -0.357 e. The number of benzene rings is 2. The van der Waals surface area contributed by atoms with Crippen molar-refractivity contribution in [2.45, 2.75) is 0 Å². The number of H-pyrrole nitrogens is 1. The Morgan fingerprint density at radius 1 is 0.952 bits per heavy atom. The Morgan fingerprint density at radius 3 is 2.71 bits per heavy atom. The van der Waals surface area contributed by atoms with Crippen molar-refractivity contribution in [2.24, 2.45) is 0 Å². The molecule has 2 aromatic carbocycles. The second-order valence-electron chi connectivity index (χ2n) is 4.80. The molecule has 0 fully saturated rings. The molecule has 0 saturated heterocycles. The Morgan fingerprint density at radius 2 is 1.81 bits per heavy atom. The highest BCUT2D eigenvalue weighted by molar-refractivity contribution is 6.02. The van der Waals surface area contributed by atoms with Gasteiger partial charge in [-0.3, -0.25) is 5.10 Å². The summed E-state index contributed by atoms with van der Waals surface area (Å²) in [6.45, 7) is 0. The molecule has 2 N–H and O–H groups in total. The first-order valence-corrected chi connectivity index (χ1v) is 6.74. The summed E-state index contributed by atoms with van der Waals surface area (Å²) in [6.07, 6.45) is 1.77. The van der Waals surface area contributed by atoms with Gasteiger partial charge in [-0.1, -0.05) is 42.5 Å². The molecular formula is C16H13N5. The lowest BCUT2D eigenvalue weighted by Crippen LogP contribution is -1.98. The molecule has 5 heteroatoms. The second-order valence-corrected chi connectivity index (χ2v) is 4.80. The zero-order chi connectivity index (χ0) is 14.2. The SMILES string of the molecule is CNc1nc(-c2cccc3ccccc23)c2cn[nH]c2n1. The fourth-order valence-electron chi connectivity index (χ4n) is 2.58. The number of hydrogen-bond acceptors (Lipinski definition) is 4. The quantitative estimate of drug-likeness (QED) is 0.589. The summed E-state index contributed by atoms with van der Waals surface area (Å²) in [6, 6.07) is 14.5. The molecule has 2 aromatic heterocycles. The first kappa shape index (κ1) is 11.8. The third-order valence-electron chi connectivity index (χ3n) is 3.58. The number of nitrogens with one attached hydrogen (secondary N) is 2. The largest absolute Gasteiger partial charge is 0.357 e. The number of anilines is 1. The van der Waals surface area contributed by atoms with Crippen molar-refractivity contribution < 1.29 is 0 Å². The van der Waals surface area contributed by atoms with Crippen molar-refractivity contribution in [3.05, 3.63) is 48.7 Å². The molecule has 5 nitrogen and oxygen atoms in total. The minimum atomic E-state index is 0.578. The van der Waals surface area contributed by atoms with Gasteiger partial charge in [-0.2, -0.15) is 10.1 Å². The van der Waals surface area contributed by atoms with E-state index < -0.39 is 0 Å². The zero-order valence-corrected chi connectivity index (χ0v) is 11.5. The molecule has 0 aliphatic rings. The summed E-state index contributed by atoms with van der Waals surface area (Å²) in [7, 11) is 1.81. The summed E-state index contributed by atoms with van der Waals surface area (Å²) < 4.78 is 0. The fraction of sp³-hybridized carbons (Fsp3) is 0.0625. The van der Waals surface area contributed by atoms with Gasteiger partial charge in [-0.15, -0.1) is 0 Å². The highest BCUT2D eigenvalue weighted by atomic mass is 15.2. The van der Waals surface area contributed by atoms with Crippen LogP contribution in [0.4, 0.5) is 5.95 Å². The van der Waals surface area contributed by atoms with E-state index in [1.54, 1.807) is 6.20 Å². The first-order chi connectivity index (χ1) is 10.4. The van der Waals surface area contributed by atoms with Gasteiger partial charge in [0.15, 0.2) is 5.65 Å². The van der Waals surface area contributed by atoms with Crippen molar-refractivity contribution in [1.82, 2.24) is 20.2 Å². The molecule has 0 bridgehead atoms. The van der Waals surface area contributed by atoms with Crippen LogP contribution in [-0.2, 0) is 0 Å². The van der Waals surface area contributed by atoms with E-state index in [1.165, 1.54) is 10.8 Å². The van der Waals surface area contributed by atoms with E-state index in [4.69, 9.17) is 0 Å². The molecule has 4 aromatic rings. The number of rotatable bonds is 2. The van der Waals surface area contributed by atoms with Crippen LogP contribution < -0.4 is 5.32 Å². The van der Waals surface area contributed by atoms with Crippen molar-refractivity contribution in [2.75, 3.05) is 12.4 Å². The van der Waals surface area contributed by atoms with E-state index in [1.807, 2.05) is 25.2 Å². The number of aromatic amines is 1. The van der Waals surface area contributed by atoms with Crippen LogP contribution in [0.25, 0.3) is 33.1 Å². The molecule has 0 radical (unpaired) electrons. The predicted molar refractivity (Wildman–Crippen MR) is 84.2 cm³/mol. The van der Waals surface area contributed by atoms with Crippen molar-refractivity contribution in [3.8, 4) is 11.3 Å². The van der Waals surface area contributed by atoms with Crippen LogP contribution >= 0.6 is 0 Å². The van der Waals surface area contributed by atoms with Crippen LogP contribution in [0.2, 0.25) is 0 Å². The number of nitrogens with zero attached hydrogens (tertiary/aromatic N) is 3. The lowest BCUT2D eigenvalue weighted by atomic mass is 10.0. The summed E-state index contributed by atoms with van der Waals surface area (Å²) in [4.78, 5) is 9.01. The molecule has 0 saturated carbocycles. The van der Waals surface area contributed by atoms with Crippen LogP contribution in [0, 0.1) is 0 Å². The Bertz CT molecular complexity index is 936. The predicted octanol–water partition coefficient (Wildman–Crippen LogP) is 3.21. The van der Waals surface area contributed by atoms with E-state index in [2.05, 4.69) is 49.7 Å². The Labute approximate surface area is 121 Å². The Hall–Kier alpha value is -2.95. The Balaban J connectivity index is 2.11. The molecular weight excluding hydrogens is 262 g/mol. The van der Waals surface area contributed by atoms with Crippen LogP contribution in [0.15, 0.2) is 48.7 Å². The summed E-state index contributed by atoms with van der Waals surface area (Å²) in [5.74, 6) is 0.578. The second kappa shape index (κ2) is 4.56. The van der Waals surface area contributed by atoms with Gasteiger partial charge in [0.05, 0.1) is 17.3 Å². The number of hydrogen-bond donors (Lipinski definition) is 2. The van der Waals surface area contributed by atoms with Gasteiger partial charge < -0.3 is 5.32 Å². The van der Waals surface area contributed by atoms with E-state index in [0.29, 0.717) is 5.95 Å². The van der Waals surface area contributed by atoms with Gasteiger partial charge in [-0.05, 0) is 10.8 Å². The third kappa shape index (κ3) is 1.82. The molecule has 0 amide bonds. The van der Waals surface area contributed by atoms with Crippen LogP contribution in [0.5, 0.6) is 0 Å². The number of aromatic nitrogens is 4. The van der Waals surface area contributed by atoms with Gasteiger partial charge in [-0.25, -0.2) is 4.98 Å². The van der Waals surface area contributed by atoms with E-state index in [-0.39, 0.29) is 0 Å². The molecule has 4 rings (SSSR count). The Kier molecular flexibility index (Phi) is 2.57. The smallest absolute Gasteiger partial charge is 0.225 e. The van der Waals surface area contributed by atoms with Gasteiger partial charge in [0, 0.05) is 12.6 Å². The lowest BCUT2D eigenvalue weighted by Gasteiger charge is -2.08. The van der Waals surface area contributed by atoms with Gasteiger partial charge in [0.1, 0.15) is 0 Å². The monoisotopic (exact) mass is 275 g/mol. The minimum absolute atomic E-state index is 0.578. The molecule has 2 heterocycles. The molecule has 0 unspecified atom stereocenters. The zero-order valence-electron chi connectivity index (χ0n) is 11.5. The van der Waals surface area contributed by atoms with Gasteiger partial charge in [0.2, 0.25) is 5.95 Å². The first-order valence-electron chi connectivity index (χ1n) is 6.74. The maximum absolute atomic E-state index is 4.63. The summed E-state index contributed by atoms with van der Waals surface area (Å²) in [5.41, 5.74) is 2.70. The molecule has 21 heavy (non-hydrogen) atoms. The number of fused-ring (bicyclic) bond motifs is 2. The standard InChI is InChI=1S/C16H13N5/c1-17-16-19-14(13-9-18-21-15(13)20-16)12-8-4-6-10-5-2-3-7-11(10)12/h2-9H,1H3,(H2,17,18,19,20,21). The molecule has 102 valence electrons. The van der Waals surface area contributed by atoms with E-state index in [9.17, 15) is 0 Å². The molecule has 0 spiro atoms. The van der Waals surface area contributed by atoms with E-state index >= 15 is 0 Å². The van der Waals surface area contributed by atoms with Crippen molar-refractivity contribution in [1.29, 1.82) is 0 Å².